The topological polar surface area (TPSA) is 52.1 Å². The Morgan fingerprint density at radius 3 is 2.53 bits per heavy atom. The van der Waals surface area contributed by atoms with E-state index in [2.05, 4.69) is 62.2 Å². The van der Waals surface area contributed by atoms with Gasteiger partial charge in [-0.25, -0.2) is 0 Å². The van der Waals surface area contributed by atoms with Crippen molar-refractivity contribution < 1.29 is 8.83 Å². The molecule has 4 heteroatoms. The maximum atomic E-state index is 6.18. The summed E-state index contributed by atoms with van der Waals surface area (Å²) in [6.07, 6.45) is 5.28. The average molecular weight is 418 g/mol. The summed E-state index contributed by atoms with van der Waals surface area (Å²) in [6.45, 7) is 6.75. The summed E-state index contributed by atoms with van der Waals surface area (Å²) in [5.74, 6) is 0.699. The minimum Gasteiger partial charge on any atom is -0.464 e. The molecule has 6 rings (SSSR count). The van der Waals surface area contributed by atoms with Crippen molar-refractivity contribution in [3.8, 4) is 22.7 Å². The second kappa shape index (κ2) is 6.79. The Bertz CT molecular complexity index is 1620. The third-order valence-corrected chi connectivity index (χ3v) is 5.98. The molecule has 0 N–H and O–H groups in total. The molecule has 4 nitrogen and oxygen atoms in total. The van der Waals surface area contributed by atoms with Crippen molar-refractivity contribution in [3.63, 3.8) is 0 Å². The molecule has 0 aliphatic heterocycles. The molecule has 0 atom stereocenters. The highest BCUT2D eigenvalue weighted by atomic mass is 16.3. The molecule has 6 aromatic rings. The Morgan fingerprint density at radius 1 is 0.781 bits per heavy atom. The van der Waals surface area contributed by atoms with Gasteiger partial charge in [-0.05, 0) is 52.1 Å². The molecule has 0 saturated carbocycles. The van der Waals surface area contributed by atoms with Crippen LogP contribution in [0.15, 0.2) is 88.2 Å². The molecule has 0 aliphatic rings. The molecule has 0 spiro atoms. The van der Waals surface area contributed by atoms with Crippen LogP contribution in [0.25, 0.3) is 55.4 Å². The van der Waals surface area contributed by atoms with Gasteiger partial charge in [-0.3, -0.25) is 9.97 Å². The van der Waals surface area contributed by atoms with Crippen molar-refractivity contribution in [1.82, 2.24) is 9.97 Å². The SMILES string of the molecule is CC(C)(C)c1cc(-c2nccc3oc(-c4cc5occc5cn4)cc23)cc2ccccc12. The van der Waals surface area contributed by atoms with E-state index >= 15 is 0 Å². The number of pyridine rings is 2. The first-order valence-electron chi connectivity index (χ1n) is 10.7. The minimum absolute atomic E-state index is 0.00738. The third-order valence-electron chi connectivity index (χ3n) is 5.98. The fourth-order valence-corrected chi connectivity index (χ4v) is 4.38. The van der Waals surface area contributed by atoms with Gasteiger partial charge in [0, 0.05) is 34.8 Å². The zero-order valence-corrected chi connectivity index (χ0v) is 18.2. The first-order valence-corrected chi connectivity index (χ1v) is 10.7. The van der Waals surface area contributed by atoms with E-state index in [4.69, 9.17) is 13.8 Å². The molecule has 0 fully saturated rings. The normalized spacial score (nSPS) is 12.2. The van der Waals surface area contributed by atoms with Gasteiger partial charge in [0.2, 0.25) is 0 Å². The summed E-state index contributed by atoms with van der Waals surface area (Å²) in [4.78, 5) is 9.32. The Hall–Kier alpha value is -3.92. The molecule has 0 unspecified atom stereocenters. The van der Waals surface area contributed by atoms with Gasteiger partial charge >= 0.3 is 0 Å². The van der Waals surface area contributed by atoms with E-state index in [0.717, 1.165) is 38.9 Å². The molecule has 156 valence electrons. The summed E-state index contributed by atoms with van der Waals surface area (Å²) < 4.78 is 11.7. The van der Waals surface area contributed by atoms with Crippen molar-refractivity contribution >= 4 is 32.7 Å². The molecular weight excluding hydrogens is 396 g/mol. The van der Waals surface area contributed by atoms with Crippen molar-refractivity contribution in [3.05, 3.63) is 84.9 Å². The van der Waals surface area contributed by atoms with E-state index in [0.29, 0.717) is 5.76 Å². The molecule has 0 radical (unpaired) electrons. The first kappa shape index (κ1) is 18.8. The van der Waals surface area contributed by atoms with E-state index in [1.807, 2.05) is 24.3 Å². The van der Waals surface area contributed by atoms with E-state index in [1.165, 1.54) is 16.3 Å². The largest absolute Gasteiger partial charge is 0.464 e. The van der Waals surface area contributed by atoms with Crippen molar-refractivity contribution in [2.75, 3.05) is 0 Å². The maximum absolute atomic E-state index is 6.18. The third kappa shape index (κ3) is 2.99. The molecular formula is C28H22N2O2. The van der Waals surface area contributed by atoms with Crippen LogP contribution in [0.4, 0.5) is 0 Å². The van der Waals surface area contributed by atoms with E-state index in [9.17, 15) is 0 Å². The number of rotatable bonds is 2. The van der Waals surface area contributed by atoms with Crippen LogP contribution in [-0.2, 0) is 5.41 Å². The lowest BCUT2D eigenvalue weighted by Gasteiger charge is -2.22. The van der Waals surface area contributed by atoms with Crippen LogP contribution in [0.5, 0.6) is 0 Å². The summed E-state index contributed by atoms with van der Waals surface area (Å²) >= 11 is 0. The molecule has 0 aliphatic carbocycles. The molecule has 4 heterocycles. The standard InChI is InChI=1S/C28H22N2O2/c1-28(2,3)22-13-19(12-17-6-4-5-7-20(17)22)27-21-14-26(32-24(21)8-10-29-27)23-15-25-18(16-30-23)9-11-31-25/h4-16H,1-3H3. The summed E-state index contributed by atoms with van der Waals surface area (Å²) in [5, 5.41) is 4.43. The number of aromatic nitrogens is 2. The second-order valence-corrected chi connectivity index (χ2v) is 9.20. The van der Waals surface area contributed by atoms with Crippen LogP contribution in [0, 0.1) is 0 Å². The van der Waals surface area contributed by atoms with Gasteiger partial charge in [0.1, 0.15) is 16.9 Å². The van der Waals surface area contributed by atoms with Gasteiger partial charge in [-0.2, -0.15) is 0 Å². The maximum Gasteiger partial charge on any atom is 0.154 e. The Morgan fingerprint density at radius 2 is 1.66 bits per heavy atom. The van der Waals surface area contributed by atoms with Gasteiger partial charge in [0.15, 0.2) is 5.76 Å². The minimum atomic E-state index is 0.00738. The van der Waals surface area contributed by atoms with Crippen LogP contribution in [0.3, 0.4) is 0 Å². The lowest BCUT2D eigenvalue weighted by atomic mass is 9.82. The van der Waals surface area contributed by atoms with Crippen LogP contribution < -0.4 is 0 Å². The highest BCUT2D eigenvalue weighted by molar-refractivity contribution is 5.98. The molecule has 0 bridgehead atoms. The zero-order chi connectivity index (χ0) is 21.9. The molecule has 0 saturated heterocycles. The van der Waals surface area contributed by atoms with Crippen LogP contribution in [0.2, 0.25) is 0 Å². The van der Waals surface area contributed by atoms with Crippen molar-refractivity contribution in [1.29, 1.82) is 0 Å². The Labute approximate surface area is 185 Å². The highest BCUT2D eigenvalue weighted by Crippen LogP contribution is 2.38. The van der Waals surface area contributed by atoms with Gasteiger partial charge in [-0.1, -0.05) is 45.0 Å². The van der Waals surface area contributed by atoms with Crippen molar-refractivity contribution in [2.24, 2.45) is 0 Å². The molecule has 4 aromatic heterocycles. The van der Waals surface area contributed by atoms with E-state index in [-0.39, 0.29) is 5.41 Å². The lowest BCUT2D eigenvalue weighted by molar-refractivity contribution is 0.596. The number of hydrogen-bond acceptors (Lipinski definition) is 4. The predicted molar refractivity (Wildman–Crippen MR) is 129 cm³/mol. The summed E-state index contributed by atoms with van der Waals surface area (Å²) in [7, 11) is 0. The number of furan rings is 2. The van der Waals surface area contributed by atoms with Crippen molar-refractivity contribution in [2.45, 2.75) is 26.2 Å². The fourth-order valence-electron chi connectivity index (χ4n) is 4.38. The highest BCUT2D eigenvalue weighted by Gasteiger charge is 2.20. The van der Waals surface area contributed by atoms with Crippen LogP contribution >= 0.6 is 0 Å². The molecule has 32 heavy (non-hydrogen) atoms. The number of nitrogens with zero attached hydrogens (tertiary/aromatic N) is 2. The summed E-state index contributed by atoms with van der Waals surface area (Å²) in [5.41, 5.74) is 5.62. The van der Waals surface area contributed by atoms with Gasteiger partial charge < -0.3 is 8.83 Å². The fraction of sp³-hybridized carbons (Fsp3) is 0.143. The smallest absolute Gasteiger partial charge is 0.154 e. The number of fused-ring (bicyclic) bond motifs is 3. The van der Waals surface area contributed by atoms with Crippen LogP contribution in [0.1, 0.15) is 26.3 Å². The molecule has 2 aromatic carbocycles. The number of hydrogen-bond donors (Lipinski definition) is 0. The summed E-state index contributed by atoms with van der Waals surface area (Å²) in [6, 6.07) is 20.8. The average Bonchev–Trinajstić information content (AvgIpc) is 3.43. The van der Waals surface area contributed by atoms with Crippen LogP contribution in [-0.4, -0.2) is 9.97 Å². The Kier molecular flexibility index (Phi) is 3.99. The van der Waals surface area contributed by atoms with Gasteiger partial charge in [0.25, 0.3) is 0 Å². The van der Waals surface area contributed by atoms with Gasteiger partial charge in [0.05, 0.1) is 12.0 Å². The monoisotopic (exact) mass is 418 g/mol. The Balaban J connectivity index is 1.56. The number of benzene rings is 2. The second-order valence-electron chi connectivity index (χ2n) is 9.20. The van der Waals surface area contributed by atoms with Gasteiger partial charge in [-0.15, -0.1) is 0 Å². The predicted octanol–water partition coefficient (Wildman–Crippen LogP) is 7.75. The molecule has 0 amide bonds. The quantitative estimate of drug-likeness (QED) is 0.288. The van der Waals surface area contributed by atoms with E-state index in [1.54, 1.807) is 18.7 Å². The lowest BCUT2D eigenvalue weighted by Crippen LogP contribution is -2.12. The first-order chi connectivity index (χ1) is 15.5. The van der Waals surface area contributed by atoms with E-state index < -0.39 is 0 Å². The zero-order valence-electron chi connectivity index (χ0n) is 18.2.